The molecule has 1 atom stereocenters. The summed E-state index contributed by atoms with van der Waals surface area (Å²) in [6, 6.07) is 16.1. The summed E-state index contributed by atoms with van der Waals surface area (Å²) in [4.78, 5) is 32.4. The van der Waals surface area contributed by atoms with Crippen molar-refractivity contribution in [2.45, 2.75) is 19.9 Å². The molecule has 2 aromatic heterocycles. The monoisotopic (exact) mass is 485 g/mol. The molecule has 4 aromatic rings. The number of aromatic nitrogens is 1. The van der Waals surface area contributed by atoms with Crippen LogP contribution in [0, 0.1) is 6.92 Å². The first-order valence-electron chi connectivity index (χ1n) is 11.0. The molecule has 0 spiro atoms. The molecule has 7 nitrogen and oxygen atoms in total. The van der Waals surface area contributed by atoms with Gasteiger partial charge in [-0.05, 0) is 55.3 Å². The van der Waals surface area contributed by atoms with Crippen molar-refractivity contribution in [3.8, 4) is 5.75 Å². The highest BCUT2D eigenvalue weighted by Gasteiger charge is 2.32. The molecule has 0 bridgehead atoms. The standard InChI is InChI=1S/C27H23N3O4S/c1-16-6-4-5-7-21(16)29-25(31)23-17(2)28-27-30(24(23)19-8-10-20(33-3)11-9-19)26(32)22(35-27)14-18-12-13-34-15-18/h4-15,24H,1-3H3,(H,29,31). The number of rotatable bonds is 5. The van der Waals surface area contributed by atoms with E-state index in [1.807, 2.05) is 55.5 Å². The maximum atomic E-state index is 13.6. The van der Waals surface area contributed by atoms with Gasteiger partial charge in [0.25, 0.3) is 11.5 Å². The fraction of sp³-hybridized carbons (Fsp3) is 0.148. The van der Waals surface area contributed by atoms with Gasteiger partial charge in [0.2, 0.25) is 0 Å². The van der Waals surface area contributed by atoms with Gasteiger partial charge in [-0.2, -0.15) is 0 Å². The average molecular weight is 486 g/mol. The molecule has 0 saturated carbocycles. The van der Waals surface area contributed by atoms with E-state index < -0.39 is 6.04 Å². The number of hydrogen-bond donors (Lipinski definition) is 1. The fourth-order valence-corrected chi connectivity index (χ4v) is 5.17. The van der Waals surface area contributed by atoms with Crippen molar-refractivity contribution >= 4 is 29.0 Å². The Bertz CT molecular complexity index is 1610. The molecule has 176 valence electrons. The molecule has 0 saturated heterocycles. The number of nitrogens with one attached hydrogen (secondary N) is 1. The van der Waals surface area contributed by atoms with E-state index in [9.17, 15) is 9.59 Å². The van der Waals surface area contributed by atoms with Crippen LogP contribution in [0.15, 0.2) is 92.6 Å². The molecule has 8 heteroatoms. The second-order valence-electron chi connectivity index (χ2n) is 8.18. The van der Waals surface area contributed by atoms with Gasteiger partial charge in [-0.25, -0.2) is 4.99 Å². The molecule has 35 heavy (non-hydrogen) atoms. The highest BCUT2D eigenvalue weighted by Crippen LogP contribution is 2.32. The van der Waals surface area contributed by atoms with E-state index in [4.69, 9.17) is 9.15 Å². The van der Waals surface area contributed by atoms with Crippen molar-refractivity contribution in [3.63, 3.8) is 0 Å². The van der Waals surface area contributed by atoms with Crippen molar-refractivity contribution in [3.05, 3.63) is 115 Å². The maximum absolute atomic E-state index is 13.6. The van der Waals surface area contributed by atoms with Crippen molar-refractivity contribution in [1.82, 2.24) is 4.57 Å². The molecule has 0 fully saturated rings. The lowest BCUT2D eigenvalue weighted by molar-refractivity contribution is -0.113. The van der Waals surface area contributed by atoms with Gasteiger partial charge < -0.3 is 14.5 Å². The number of carbonyl (C=O) groups is 1. The Morgan fingerprint density at radius 3 is 2.60 bits per heavy atom. The summed E-state index contributed by atoms with van der Waals surface area (Å²) >= 11 is 1.29. The Hall–Kier alpha value is -4.17. The van der Waals surface area contributed by atoms with Gasteiger partial charge in [-0.3, -0.25) is 14.2 Å². The van der Waals surface area contributed by atoms with Crippen LogP contribution in [-0.2, 0) is 4.79 Å². The number of para-hydroxylation sites is 1. The SMILES string of the molecule is COc1ccc(C2C(C(=O)Nc3ccccc3C)=C(C)N=c3sc(=Cc4ccoc4)c(=O)n32)cc1. The number of carbonyl (C=O) groups excluding carboxylic acids is 1. The second-order valence-corrected chi connectivity index (χ2v) is 9.19. The largest absolute Gasteiger partial charge is 0.497 e. The number of hydrogen-bond acceptors (Lipinski definition) is 6. The molecule has 1 aliphatic rings. The van der Waals surface area contributed by atoms with E-state index in [2.05, 4.69) is 10.3 Å². The number of thiazole rings is 1. The first-order chi connectivity index (χ1) is 17.0. The zero-order valence-corrected chi connectivity index (χ0v) is 20.3. The first-order valence-corrected chi connectivity index (χ1v) is 11.8. The van der Waals surface area contributed by atoms with Gasteiger partial charge in [0, 0.05) is 11.3 Å². The van der Waals surface area contributed by atoms with Crippen molar-refractivity contribution in [2.24, 2.45) is 4.99 Å². The molecule has 1 unspecified atom stereocenters. The maximum Gasteiger partial charge on any atom is 0.271 e. The molecule has 2 aromatic carbocycles. The highest BCUT2D eigenvalue weighted by atomic mass is 32.1. The molecule has 1 N–H and O–H groups in total. The number of anilines is 1. The molecule has 3 heterocycles. The van der Waals surface area contributed by atoms with E-state index in [1.54, 1.807) is 43.3 Å². The van der Waals surface area contributed by atoms with Crippen LogP contribution in [0.5, 0.6) is 5.75 Å². The van der Waals surface area contributed by atoms with Gasteiger partial charge in [-0.15, -0.1) is 0 Å². The molecule has 1 aliphatic heterocycles. The third-order valence-corrected chi connectivity index (χ3v) is 6.92. The van der Waals surface area contributed by atoms with Crippen LogP contribution in [-0.4, -0.2) is 17.6 Å². The number of amides is 1. The van der Waals surface area contributed by atoms with Crippen LogP contribution >= 0.6 is 11.3 Å². The lowest BCUT2D eigenvalue weighted by Crippen LogP contribution is -2.40. The Balaban J connectivity index is 1.68. The summed E-state index contributed by atoms with van der Waals surface area (Å²) in [5, 5.41) is 3.01. The average Bonchev–Trinajstić information content (AvgIpc) is 3.48. The Morgan fingerprint density at radius 2 is 1.91 bits per heavy atom. The van der Waals surface area contributed by atoms with Crippen molar-refractivity contribution < 1.29 is 13.9 Å². The second kappa shape index (κ2) is 9.23. The summed E-state index contributed by atoms with van der Waals surface area (Å²) < 4.78 is 12.6. The van der Waals surface area contributed by atoms with Gasteiger partial charge in [0.1, 0.15) is 5.75 Å². The highest BCUT2D eigenvalue weighted by molar-refractivity contribution is 7.07. The van der Waals surface area contributed by atoms with Crippen LogP contribution in [0.1, 0.15) is 29.7 Å². The van der Waals surface area contributed by atoms with Crippen LogP contribution in [0.4, 0.5) is 5.69 Å². The molecule has 0 radical (unpaired) electrons. The lowest BCUT2D eigenvalue weighted by atomic mass is 9.95. The minimum absolute atomic E-state index is 0.218. The number of furan rings is 1. The normalized spacial score (nSPS) is 15.5. The van der Waals surface area contributed by atoms with Crippen LogP contribution in [0.25, 0.3) is 6.08 Å². The summed E-state index contributed by atoms with van der Waals surface area (Å²) in [5.41, 5.74) is 3.98. The van der Waals surface area contributed by atoms with Crippen LogP contribution in [0.2, 0.25) is 0 Å². The van der Waals surface area contributed by atoms with Crippen molar-refractivity contribution in [2.75, 3.05) is 12.4 Å². The summed E-state index contributed by atoms with van der Waals surface area (Å²) in [7, 11) is 1.60. The van der Waals surface area contributed by atoms with E-state index in [1.165, 1.54) is 11.3 Å². The minimum atomic E-state index is -0.646. The van der Waals surface area contributed by atoms with E-state index in [0.717, 1.165) is 16.7 Å². The predicted molar refractivity (Wildman–Crippen MR) is 135 cm³/mol. The van der Waals surface area contributed by atoms with E-state index >= 15 is 0 Å². The Kier molecular flexibility index (Phi) is 5.96. The number of fused-ring (bicyclic) bond motifs is 1. The lowest BCUT2D eigenvalue weighted by Gasteiger charge is -2.25. The minimum Gasteiger partial charge on any atom is -0.497 e. The molecule has 0 aliphatic carbocycles. The number of allylic oxidation sites excluding steroid dienone is 1. The number of benzene rings is 2. The zero-order valence-electron chi connectivity index (χ0n) is 19.4. The third kappa shape index (κ3) is 4.24. The number of ether oxygens (including phenoxy) is 1. The number of nitrogens with zero attached hydrogens (tertiary/aromatic N) is 2. The summed E-state index contributed by atoms with van der Waals surface area (Å²) in [6.07, 6.45) is 4.90. The first kappa shape index (κ1) is 22.6. The smallest absolute Gasteiger partial charge is 0.271 e. The van der Waals surface area contributed by atoms with Gasteiger partial charge in [0.15, 0.2) is 4.80 Å². The van der Waals surface area contributed by atoms with Gasteiger partial charge in [-0.1, -0.05) is 41.7 Å². The quantitative estimate of drug-likeness (QED) is 0.466. The molecule has 1 amide bonds. The van der Waals surface area contributed by atoms with Crippen LogP contribution in [0.3, 0.4) is 0 Å². The van der Waals surface area contributed by atoms with Gasteiger partial charge >= 0.3 is 0 Å². The number of aryl methyl sites for hydroxylation is 1. The number of methoxy groups -OCH3 is 1. The zero-order chi connectivity index (χ0) is 24.5. The summed E-state index contributed by atoms with van der Waals surface area (Å²) in [6.45, 7) is 3.74. The van der Waals surface area contributed by atoms with E-state index in [-0.39, 0.29) is 11.5 Å². The predicted octanol–water partition coefficient (Wildman–Crippen LogP) is 3.78. The van der Waals surface area contributed by atoms with Crippen LogP contribution < -0.4 is 24.9 Å². The fourth-order valence-electron chi connectivity index (χ4n) is 4.12. The molecular formula is C27H23N3O4S. The molecule has 5 rings (SSSR count). The molecular weight excluding hydrogens is 462 g/mol. The Morgan fingerprint density at radius 1 is 1.14 bits per heavy atom. The van der Waals surface area contributed by atoms with Crippen molar-refractivity contribution in [1.29, 1.82) is 0 Å². The van der Waals surface area contributed by atoms with Gasteiger partial charge in [0.05, 0.1) is 41.5 Å². The van der Waals surface area contributed by atoms with E-state index in [0.29, 0.717) is 32.0 Å². The third-order valence-electron chi connectivity index (χ3n) is 5.93. The topological polar surface area (TPSA) is 85.8 Å². The Labute approximate surface area is 205 Å². The summed E-state index contributed by atoms with van der Waals surface area (Å²) in [5.74, 6) is 0.387.